The molecule has 0 aliphatic heterocycles. The molecule has 0 fully saturated rings. The van der Waals surface area contributed by atoms with Gasteiger partial charge in [-0.15, -0.1) is 0 Å². The number of hydrogen-bond donors (Lipinski definition) is 2. The van der Waals surface area contributed by atoms with E-state index in [-0.39, 0.29) is 5.41 Å². The molecule has 2 rings (SSSR count). The average Bonchev–Trinajstić information content (AvgIpc) is 2.77. The Kier molecular flexibility index (Phi) is 2.64. The minimum atomic E-state index is -0.0328. The third-order valence-corrected chi connectivity index (χ3v) is 3.16. The standard InChI is InChI=1S/C12H21N5/c1-6-7(2)17-11-8(10(13)14-15-11)9(16-17)12(3,4)5/h7H,6H2,1-5H3,(H3,13,14,15). The third-order valence-electron chi connectivity index (χ3n) is 3.16. The first-order valence-electron chi connectivity index (χ1n) is 6.08. The predicted octanol–water partition coefficient (Wildman–Crippen LogP) is 2.61. The monoisotopic (exact) mass is 235 g/mol. The summed E-state index contributed by atoms with van der Waals surface area (Å²) in [5.41, 5.74) is 7.80. The number of nitrogen functional groups attached to an aromatic ring is 1. The lowest BCUT2D eigenvalue weighted by Gasteiger charge is -2.16. The Labute approximate surface area is 101 Å². The quantitative estimate of drug-likeness (QED) is 0.840. The first kappa shape index (κ1) is 12.0. The Bertz CT molecular complexity index is 529. The van der Waals surface area contributed by atoms with Gasteiger partial charge in [0.15, 0.2) is 5.65 Å². The van der Waals surface area contributed by atoms with E-state index in [4.69, 9.17) is 10.8 Å². The highest BCUT2D eigenvalue weighted by molar-refractivity contribution is 5.89. The van der Waals surface area contributed by atoms with Gasteiger partial charge in [0.2, 0.25) is 0 Å². The maximum Gasteiger partial charge on any atom is 0.182 e. The van der Waals surface area contributed by atoms with Crippen LogP contribution in [-0.4, -0.2) is 20.0 Å². The van der Waals surface area contributed by atoms with Gasteiger partial charge < -0.3 is 5.73 Å². The van der Waals surface area contributed by atoms with Crippen LogP contribution in [0.5, 0.6) is 0 Å². The summed E-state index contributed by atoms with van der Waals surface area (Å²) in [7, 11) is 0. The molecule has 0 amide bonds. The summed E-state index contributed by atoms with van der Waals surface area (Å²) in [4.78, 5) is 0. The van der Waals surface area contributed by atoms with Crippen molar-refractivity contribution in [2.24, 2.45) is 0 Å². The van der Waals surface area contributed by atoms with Crippen molar-refractivity contribution >= 4 is 16.9 Å². The summed E-state index contributed by atoms with van der Waals surface area (Å²) in [5.74, 6) is 0.611. The fourth-order valence-electron chi connectivity index (χ4n) is 1.96. The molecule has 94 valence electrons. The molecule has 0 aliphatic carbocycles. The maximum atomic E-state index is 5.96. The smallest absolute Gasteiger partial charge is 0.182 e. The Morgan fingerprint density at radius 1 is 1.41 bits per heavy atom. The lowest BCUT2D eigenvalue weighted by Crippen LogP contribution is -2.15. The van der Waals surface area contributed by atoms with E-state index in [2.05, 4.69) is 44.8 Å². The normalized spacial score (nSPS) is 14.4. The Morgan fingerprint density at radius 3 is 2.59 bits per heavy atom. The van der Waals surface area contributed by atoms with Crippen LogP contribution in [0, 0.1) is 0 Å². The van der Waals surface area contributed by atoms with Gasteiger partial charge in [0.1, 0.15) is 5.82 Å². The lowest BCUT2D eigenvalue weighted by molar-refractivity contribution is 0.465. The number of nitrogens with one attached hydrogen (secondary N) is 1. The molecular formula is C12H21N5. The van der Waals surface area contributed by atoms with Crippen LogP contribution < -0.4 is 5.73 Å². The van der Waals surface area contributed by atoms with Crippen LogP contribution in [-0.2, 0) is 5.41 Å². The van der Waals surface area contributed by atoms with Gasteiger partial charge in [-0.2, -0.15) is 10.2 Å². The van der Waals surface area contributed by atoms with E-state index < -0.39 is 0 Å². The van der Waals surface area contributed by atoms with E-state index in [9.17, 15) is 0 Å². The molecule has 0 aliphatic rings. The van der Waals surface area contributed by atoms with Gasteiger partial charge in [0.25, 0.3) is 0 Å². The van der Waals surface area contributed by atoms with Crippen molar-refractivity contribution in [1.82, 2.24) is 20.0 Å². The highest BCUT2D eigenvalue weighted by Gasteiger charge is 2.26. The molecule has 17 heavy (non-hydrogen) atoms. The zero-order chi connectivity index (χ0) is 12.8. The second kappa shape index (κ2) is 3.75. The second-order valence-electron chi connectivity index (χ2n) is 5.64. The number of aromatic amines is 1. The molecule has 0 saturated heterocycles. The highest BCUT2D eigenvalue weighted by Crippen LogP contribution is 2.33. The summed E-state index contributed by atoms with van der Waals surface area (Å²) in [6, 6.07) is 0.330. The van der Waals surface area contributed by atoms with E-state index in [0.717, 1.165) is 23.1 Å². The first-order valence-corrected chi connectivity index (χ1v) is 6.08. The summed E-state index contributed by atoms with van der Waals surface area (Å²) < 4.78 is 1.97. The fraction of sp³-hybridized carbons (Fsp3) is 0.667. The Balaban J connectivity index is 2.73. The van der Waals surface area contributed by atoms with Crippen LogP contribution in [0.3, 0.4) is 0 Å². The fourth-order valence-corrected chi connectivity index (χ4v) is 1.96. The van der Waals surface area contributed by atoms with Crippen LogP contribution in [0.2, 0.25) is 0 Å². The number of nitrogens with two attached hydrogens (primary N) is 1. The summed E-state index contributed by atoms with van der Waals surface area (Å²) >= 11 is 0. The second-order valence-corrected chi connectivity index (χ2v) is 5.64. The van der Waals surface area contributed by atoms with Gasteiger partial charge >= 0.3 is 0 Å². The average molecular weight is 235 g/mol. The van der Waals surface area contributed by atoms with Crippen LogP contribution in [0.25, 0.3) is 11.0 Å². The van der Waals surface area contributed by atoms with Gasteiger partial charge in [-0.3, -0.25) is 5.10 Å². The molecular weight excluding hydrogens is 214 g/mol. The van der Waals surface area contributed by atoms with Gasteiger partial charge in [0.05, 0.1) is 17.1 Å². The molecule has 2 aromatic rings. The molecule has 0 bridgehead atoms. The Hall–Kier alpha value is -1.52. The summed E-state index contributed by atoms with van der Waals surface area (Å²) in [5, 5.41) is 12.8. The van der Waals surface area contributed by atoms with Crippen molar-refractivity contribution in [2.45, 2.75) is 52.5 Å². The van der Waals surface area contributed by atoms with Crippen molar-refractivity contribution < 1.29 is 0 Å². The summed E-state index contributed by atoms with van der Waals surface area (Å²) in [6.45, 7) is 10.7. The van der Waals surface area contributed by atoms with E-state index >= 15 is 0 Å². The molecule has 2 heterocycles. The first-order chi connectivity index (χ1) is 7.86. The van der Waals surface area contributed by atoms with Crippen molar-refractivity contribution in [3.63, 3.8) is 0 Å². The number of aromatic nitrogens is 4. The Morgan fingerprint density at radius 2 is 2.06 bits per heavy atom. The topological polar surface area (TPSA) is 72.5 Å². The lowest BCUT2D eigenvalue weighted by atomic mass is 9.91. The number of rotatable bonds is 2. The van der Waals surface area contributed by atoms with E-state index in [0.29, 0.717) is 11.9 Å². The van der Waals surface area contributed by atoms with Crippen molar-refractivity contribution in [3.05, 3.63) is 5.69 Å². The van der Waals surface area contributed by atoms with Crippen LogP contribution in [0.4, 0.5) is 5.82 Å². The largest absolute Gasteiger partial charge is 0.383 e. The van der Waals surface area contributed by atoms with Crippen LogP contribution in [0.1, 0.15) is 52.8 Å². The molecule has 0 spiro atoms. The van der Waals surface area contributed by atoms with Crippen LogP contribution in [0.15, 0.2) is 0 Å². The number of fused-ring (bicyclic) bond motifs is 1. The summed E-state index contributed by atoms with van der Waals surface area (Å²) in [6.07, 6.45) is 1.02. The SMILES string of the molecule is CCC(C)n1nc(C(C)(C)C)c2c(N)[nH]nc21. The molecule has 0 radical (unpaired) electrons. The number of nitrogens with zero attached hydrogens (tertiary/aromatic N) is 3. The zero-order valence-corrected chi connectivity index (χ0v) is 11.2. The minimum absolute atomic E-state index is 0.0328. The van der Waals surface area contributed by atoms with Crippen molar-refractivity contribution in [1.29, 1.82) is 0 Å². The number of H-pyrrole nitrogens is 1. The van der Waals surface area contributed by atoms with Gasteiger partial charge in [-0.25, -0.2) is 4.68 Å². The van der Waals surface area contributed by atoms with Gasteiger partial charge in [-0.1, -0.05) is 27.7 Å². The predicted molar refractivity (Wildman–Crippen MR) is 70.0 cm³/mol. The molecule has 1 unspecified atom stereocenters. The van der Waals surface area contributed by atoms with Crippen LogP contribution >= 0.6 is 0 Å². The third kappa shape index (κ3) is 1.79. The molecule has 3 N–H and O–H groups in total. The zero-order valence-electron chi connectivity index (χ0n) is 11.2. The number of anilines is 1. The van der Waals surface area contributed by atoms with Crippen molar-refractivity contribution in [3.8, 4) is 0 Å². The molecule has 1 atom stereocenters. The molecule has 5 heteroatoms. The van der Waals surface area contributed by atoms with E-state index in [1.807, 2.05) is 4.68 Å². The maximum absolute atomic E-state index is 5.96. The highest BCUT2D eigenvalue weighted by atomic mass is 15.4. The van der Waals surface area contributed by atoms with Crippen molar-refractivity contribution in [2.75, 3.05) is 5.73 Å². The molecule has 5 nitrogen and oxygen atoms in total. The molecule has 2 aromatic heterocycles. The van der Waals surface area contributed by atoms with E-state index in [1.165, 1.54) is 0 Å². The number of hydrogen-bond acceptors (Lipinski definition) is 3. The molecule has 0 aromatic carbocycles. The van der Waals surface area contributed by atoms with Gasteiger partial charge in [-0.05, 0) is 13.3 Å². The van der Waals surface area contributed by atoms with Gasteiger partial charge in [0, 0.05) is 5.41 Å². The minimum Gasteiger partial charge on any atom is -0.383 e. The molecule has 0 saturated carbocycles. The van der Waals surface area contributed by atoms with E-state index in [1.54, 1.807) is 0 Å².